The number of nitrogens with zero attached hydrogens (tertiary/aromatic N) is 1. The van der Waals surface area contributed by atoms with Crippen LogP contribution in [0.25, 0.3) is 0 Å². The Kier molecular flexibility index (Phi) is 8.49. The summed E-state index contributed by atoms with van der Waals surface area (Å²) in [5.74, 6) is 0.153. The first kappa shape index (κ1) is 28.3. The molecule has 0 amide bonds. The minimum absolute atomic E-state index is 0.131. The van der Waals surface area contributed by atoms with Crippen molar-refractivity contribution in [3.8, 4) is 5.75 Å². The predicted octanol–water partition coefficient (Wildman–Crippen LogP) is 4.70. The molecule has 10 nitrogen and oxygen atoms in total. The molecule has 8 atom stereocenters. The first-order valence-corrected chi connectivity index (χ1v) is 14.1. The quantitative estimate of drug-likeness (QED) is 0.182. The molecule has 216 valence electrons. The maximum Gasteiger partial charge on any atom is 0.344 e. The van der Waals surface area contributed by atoms with E-state index in [2.05, 4.69) is 19.0 Å². The van der Waals surface area contributed by atoms with E-state index >= 15 is 0 Å². The fourth-order valence-corrected chi connectivity index (χ4v) is 6.71. The third kappa shape index (κ3) is 5.95. The molecule has 0 aromatic heterocycles. The van der Waals surface area contributed by atoms with Crippen LogP contribution in [-0.2, 0) is 40.0 Å². The fraction of sp³-hybridized carbons (Fsp3) is 0.724. The van der Waals surface area contributed by atoms with Crippen LogP contribution in [0.3, 0.4) is 0 Å². The summed E-state index contributed by atoms with van der Waals surface area (Å²) in [5, 5.41) is 12.4. The van der Waals surface area contributed by atoms with Crippen LogP contribution in [0.5, 0.6) is 5.75 Å². The molecule has 4 saturated heterocycles. The van der Waals surface area contributed by atoms with Crippen molar-refractivity contribution < 1.29 is 43.5 Å². The summed E-state index contributed by atoms with van der Waals surface area (Å²) in [6.45, 7) is 8.59. The van der Waals surface area contributed by atoms with Crippen LogP contribution >= 0.6 is 0 Å². The number of benzene rings is 1. The normalized spacial score (nSPS) is 37.6. The molecule has 0 radical (unpaired) electrons. The molecule has 1 aromatic carbocycles. The Morgan fingerprint density at radius 3 is 2.67 bits per heavy atom. The van der Waals surface area contributed by atoms with E-state index in [1.807, 2.05) is 38.1 Å². The van der Waals surface area contributed by atoms with Crippen molar-refractivity contribution >= 4 is 11.7 Å². The molecule has 1 saturated carbocycles. The molecular formula is C29H41NO9. The summed E-state index contributed by atoms with van der Waals surface area (Å²) in [6.07, 6.45) is 4.52. The molecule has 5 fully saturated rings. The summed E-state index contributed by atoms with van der Waals surface area (Å²) >= 11 is 0. The SMILES string of the molecule is C/C(CCc1ccc(OCCO[C@H]2O[C@@H]3O[C@@]4(C)CCC5[C@H](C)CC[C@@H]([C@H]2C)[C@]53OO4)cc1)=N\OCC(=O)O. The van der Waals surface area contributed by atoms with Crippen LogP contribution in [0.15, 0.2) is 29.4 Å². The van der Waals surface area contributed by atoms with Gasteiger partial charge < -0.3 is 28.9 Å². The van der Waals surface area contributed by atoms with Crippen LogP contribution < -0.4 is 4.74 Å². The Morgan fingerprint density at radius 1 is 1.10 bits per heavy atom. The summed E-state index contributed by atoms with van der Waals surface area (Å²) in [7, 11) is 0. The van der Waals surface area contributed by atoms with Gasteiger partial charge in [0.15, 0.2) is 18.2 Å². The molecule has 1 N–H and O–H groups in total. The van der Waals surface area contributed by atoms with Gasteiger partial charge in [0.2, 0.25) is 12.4 Å². The second kappa shape index (κ2) is 11.7. The number of hydrogen-bond donors (Lipinski definition) is 1. The number of aliphatic carboxylic acids is 1. The van der Waals surface area contributed by atoms with Crippen molar-refractivity contribution in [2.24, 2.45) is 28.8 Å². The average Bonchev–Trinajstić information content (AvgIpc) is 3.14. The molecule has 1 unspecified atom stereocenters. The number of fused-ring (bicyclic) bond motifs is 2. The first-order valence-electron chi connectivity index (χ1n) is 14.1. The zero-order chi connectivity index (χ0) is 27.6. The summed E-state index contributed by atoms with van der Waals surface area (Å²) in [6, 6.07) is 7.89. The number of aryl methyl sites for hydroxylation is 1. The van der Waals surface area contributed by atoms with Crippen molar-refractivity contribution in [2.75, 3.05) is 19.8 Å². The number of rotatable bonds is 11. The van der Waals surface area contributed by atoms with Crippen LogP contribution in [0.4, 0.5) is 0 Å². The molecule has 4 heterocycles. The van der Waals surface area contributed by atoms with Gasteiger partial charge in [0.05, 0.1) is 12.3 Å². The Hall–Kier alpha value is -2.24. The highest BCUT2D eigenvalue weighted by atomic mass is 17.3. The molecule has 1 aromatic rings. The minimum atomic E-state index is -1.04. The van der Waals surface area contributed by atoms with E-state index < -0.39 is 36.5 Å². The number of carboxylic acid groups (broad SMARTS) is 1. The average molecular weight is 548 g/mol. The highest BCUT2D eigenvalue weighted by molar-refractivity contribution is 5.81. The minimum Gasteiger partial charge on any atom is -0.491 e. The Bertz CT molecular complexity index is 1030. The molecular weight excluding hydrogens is 506 g/mol. The number of carboxylic acids is 1. The maximum absolute atomic E-state index is 10.5. The van der Waals surface area contributed by atoms with Gasteiger partial charge in [-0.2, -0.15) is 0 Å². The van der Waals surface area contributed by atoms with E-state index in [1.54, 1.807) is 0 Å². The predicted molar refractivity (Wildman–Crippen MR) is 140 cm³/mol. The lowest BCUT2D eigenvalue weighted by atomic mass is 9.58. The van der Waals surface area contributed by atoms with Crippen molar-refractivity contribution in [1.82, 2.24) is 0 Å². The molecule has 39 heavy (non-hydrogen) atoms. The second-order valence-electron chi connectivity index (χ2n) is 11.6. The lowest BCUT2D eigenvalue weighted by Gasteiger charge is -2.60. The monoisotopic (exact) mass is 547 g/mol. The van der Waals surface area contributed by atoms with Crippen molar-refractivity contribution in [1.29, 1.82) is 0 Å². The molecule has 6 rings (SSSR count). The maximum atomic E-state index is 10.5. The van der Waals surface area contributed by atoms with Crippen LogP contribution in [0, 0.1) is 23.7 Å². The van der Waals surface area contributed by atoms with Gasteiger partial charge in [-0.1, -0.05) is 31.1 Å². The van der Waals surface area contributed by atoms with Gasteiger partial charge in [-0.15, -0.1) is 0 Å². The third-order valence-corrected chi connectivity index (χ3v) is 8.84. The topological polar surface area (TPSA) is 114 Å². The van der Waals surface area contributed by atoms with Gasteiger partial charge in [-0.3, -0.25) is 0 Å². The van der Waals surface area contributed by atoms with E-state index in [0.717, 1.165) is 49.1 Å². The Labute approximate surface area is 229 Å². The molecule has 1 spiro atoms. The number of carbonyl (C=O) groups is 1. The van der Waals surface area contributed by atoms with Crippen LogP contribution in [0.1, 0.15) is 65.4 Å². The highest BCUT2D eigenvalue weighted by Crippen LogP contribution is 2.60. The lowest BCUT2D eigenvalue weighted by Crippen LogP contribution is -2.70. The summed E-state index contributed by atoms with van der Waals surface area (Å²) < 4.78 is 25.0. The van der Waals surface area contributed by atoms with Crippen LogP contribution in [0.2, 0.25) is 0 Å². The van der Waals surface area contributed by atoms with Gasteiger partial charge in [-0.05, 0) is 75.5 Å². The zero-order valence-electron chi connectivity index (χ0n) is 23.3. The van der Waals surface area contributed by atoms with E-state index in [9.17, 15) is 4.79 Å². The van der Waals surface area contributed by atoms with Gasteiger partial charge in [0, 0.05) is 18.3 Å². The highest BCUT2D eigenvalue weighted by Gasteiger charge is 2.69. The van der Waals surface area contributed by atoms with Gasteiger partial charge >= 0.3 is 5.97 Å². The smallest absolute Gasteiger partial charge is 0.344 e. The molecule has 5 aliphatic rings. The standard InChI is InChI=1S/C29H41NO9/c1-18-5-12-24-20(3)26(36-27-29(24)23(18)13-14-28(4,37-27)38-39-29)34-16-15-33-22-10-8-21(9-11-22)7-6-19(2)30-35-17-25(31)32/h8-11,18,20,23-24,26-27H,5-7,12-17H2,1-4H3,(H,31,32)/b30-19+/t18-,20-,23?,24+,26+,27-,28-,29-/m1/s1. The fourth-order valence-electron chi connectivity index (χ4n) is 6.71. The first-order chi connectivity index (χ1) is 18.7. The van der Waals surface area contributed by atoms with Crippen LogP contribution in [-0.4, -0.2) is 60.6 Å². The zero-order valence-corrected chi connectivity index (χ0v) is 23.3. The molecule has 4 aliphatic heterocycles. The van der Waals surface area contributed by atoms with Gasteiger partial charge in [0.1, 0.15) is 12.4 Å². The second-order valence-corrected chi connectivity index (χ2v) is 11.6. The molecule has 1 aliphatic carbocycles. The number of ether oxygens (including phenoxy) is 4. The Balaban J connectivity index is 1.10. The number of hydrogen-bond acceptors (Lipinski definition) is 9. The van der Waals surface area contributed by atoms with E-state index in [4.69, 9.17) is 38.7 Å². The third-order valence-electron chi connectivity index (χ3n) is 8.84. The van der Waals surface area contributed by atoms with Gasteiger partial charge in [-0.25, -0.2) is 14.6 Å². The largest absolute Gasteiger partial charge is 0.491 e. The molecule has 10 heteroatoms. The number of oxime groups is 1. The summed E-state index contributed by atoms with van der Waals surface area (Å²) in [5.41, 5.74) is 1.29. The van der Waals surface area contributed by atoms with Crippen molar-refractivity contribution in [2.45, 2.75) is 90.2 Å². The lowest BCUT2D eigenvalue weighted by molar-refractivity contribution is -0.577. The molecule has 2 bridgehead atoms. The van der Waals surface area contributed by atoms with E-state index in [0.29, 0.717) is 31.5 Å². The van der Waals surface area contributed by atoms with E-state index in [-0.39, 0.29) is 11.8 Å². The Morgan fingerprint density at radius 2 is 1.90 bits per heavy atom. The van der Waals surface area contributed by atoms with E-state index in [1.165, 1.54) is 0 Å². The van der Waals surface area contributed by atoms with Gasteiger partial charge in [0.25, 0.3) is 0 Å². The summed E-state index contributed by atoms with van der Waals surface area (Å²) in [4.78, 5) is 27.3. The van der Waals surface area contributed by atoms with Crippen molar-refractivity contribution in [3.63, 3.8) is 0 Å². The van der Waals surface area contributed by atoms with Crippen molar-refractivity contribution in [3.05, 3.63) is 29.8 Å².